The van der Waals surface area contributed by atoms with Crippen molar-refractivity contribution in [3.63, 3.8) is 0 Å². The molecule has 5 nitrogen and oxygen atoms in total. The van der Waals surface area contributed by atoms with Gasteiger partial charge < -0.3 is 9.84 Å². The third-order valence-corrected chi connectivity index (χ3v) is 4.28. The highest BCUT2D eigenvalue weighted by Gasteiger charge is 2.02. The fraction of sp³-hybridized carbons (Fsp3) is 0.176. The number of methoxy groups -OCH3 is 1. The maximum atomic E-state index is 11.7. The summed E-state index contributed by atoms with van der Waals surface area (Å²) in [4.78, 5) is 11.7. The molecule has 2 rings (SSSR count). The zero-order valence-electron chi connectivity index (χ0n) is 13.0. The number of phenolic OH excluding ortho intramolecular Hbond substituents is 1. The van der Waals surface area contributed by atoms with Gasteiger partial charge in [0.15, 0.2) is 11.5 Å². The SMILES string of the molecule is COc1cc(/C=N\NC(=O)CSCc2ccc(Cl)cc2)ccc1O. The van der Waals surface area contributed by atoms with Gasteiger partial charge in [-0.25, -0.2) is 5.43 Å². The van der Waals surface area contributed by atoms with Crippen LogP contribution in [0.1, 0.15) is 11.1 Å². The molecule has 0 saturated heterocycles. The molecule has 0 aromatic heterocycles. The minimum absolute atomic E-state index is 0.0530. The van der Waals surface area contributed by atoms with Gasteiger partial charge in [-0.3, -0.25) is 4.79 Å². The Morgan fingerprint density at radius 3 is 2.79 bits per heavy atom. The monoisotopic (exact) mass is 364 g/mol. The number of nitrogens with zero attached hydrogens (tertiary/aromatic N) is 1. The van der Waals surface area contributed by atoms with Crippen LogP contribution in [0.25, 0.3) is 0 Å². The summed E-state index contributed by atoms with van der Waals surface area (Å²) in [6, 6.07) is 12.3. The van der Waals surface area contributed by atoms with Crippen molar-refractivity contribution in [1.82, 2.24) is 5.43 Å². The number of hydrazone groups is 1. The third-order valence-electron chi connectivity index (χ3n) is 3.02. The van der Waals surface area contributed by atoms with E-state index in [2.05, 4.69) is 10.5 Å². The zero-order chi connectivity index (χ0) is 17.4. The summed E-state index contributed by atoms with van der Waals surface area (Å²) in [5, 5.41) is 14.1. The largest absolute Gasteiger partial charge is 0.504 e. The summed E-state index contributed by atoms with van der Waals surface area (Å²) in [5.41, 5.74) is 4.28. The van der Waals surface area contributed by atoms with Crippen LogP contribution in [0.4, 0.5) is 0 Å². The Labute approximate surface area is 149 Å². The summed E-state index contributed by atoms with van der Waals surface area (Å²) in [5.74, 6) is 1.25. The molecule has 1 amide bonds. The molecule has 7 heteroatoms. The Bertz CT molecular complexity index is 720. The van der Waals surface area contributed by atoms with E-state index in [9.17, 15) is 9.90 Å². The Morgan fingerprint density at radius 2 is 2.08 bits per heavy atom. The van der Waals surface area contributed by atoms with Crippen molar-refractivity contribution in [3.8, 4) is 11.5 Å². The number of halogens is 1. The highest BCUT2D eigenvalue weighted by molar-refractivity contribution is 7.99. The van der Waals surface area contributed by atoms with Crippen molar-refractivity contribution in [3.05, 3.63) is 58.6 Å². The molecule has 0 saturated carbocycles. The number of nitrogens with one attached hydrogen (secondary N) is 1. The van der Waals surface area contributed by atoms with Gasteiger partial charge in [0.25, 0.3) is 0 Å². The van der Waals surface area contributed by atoms with E-state index in [1.54, 1.807) is 12.1 Å². The highest BCUT2D eigenvalue weighted by Crippen LogP contribution is 2.25. The summed E-state index contributed by atoms with van der Waals surface area (Å²) in [6.07, 6.45) is 1.49. The minimum atomic E-state index is -0.184. The lowest BCUT2D eigenvalue weighted by Crippen LogP contribution is -2.19. The Hall–Kier alpha value is -2.18. The molecule has 0 atom stereocenters. The van der Waals surface area contributed by atoms with Crippen LogP contribution in [-0.4, -0.2) is 30.1 Å². The number of hydrogen-bond donors (Lipinski definition) is 2. The van der Waals surface area contributed by atoms with E-state index in [1.807, 2.05) is 24.3 Å². The molecular formula is C17H17ClN2O3S. The van der Waals surface area contributed by atoms with Gasteiger partial charge >= 0.3 is 0 Å². The molecule has 0 bridgehead atoms. The van der Waals surface area contributed by atoms with Gasteiger partial charge in [-0.1, -0.05) is 23.7 Å². The highest BCUT2D eigenvalue weighted by atomic mass is 35.5. The molecular weight excluding hydrogens is 348 g/mol. The number of phenols is 1. The Morgan fingerprint density at radius 1 is 1.33 bits per heavy atom. The van der Waals surface area contributed by atoms with Gasteiger partial charge in [0, 0.05) is 10.8 Å². The zero-order valence-corrected chi connectivity index (χ0v) is 14.6. The number of aromatic hydroxyl groups is 1. The Balaban J connectivity index is 1.75. The van der Waals surface area contributed by atoms with Crippen LogP contribution in [0.15, 0.2) is 47.6 Å². The fourth-order valence-electron chi connectivity index (χ4n) is 1.83. The molecule has 0 aliphatic carbocycles. The van der Waals surface area contributed by atoms with Crippen molar-refractivity contribution in [2.75, 3.05) is 12.9 Å². The quantitative estimate of drug-likeness (QED) is 0.583. The van der Waals surface area contributed by atoms with Gasteiger partial charge in [-0.2, -0.15) is 5.10 Å². The number of rotatable bonds is 7. The van der Waals surface area contributed by atoms with E-state index in [0.29, 0.717) is 22.1 Å². The number of ether oxygens (including phenoxy) is 1. The van der Waals surface area contributed by atoms with Gasteiger partial charge in [0.05, 0.1) is 19.1 Å². The van der Waals surface area contributed by atoms with Crippen molar-refractivity contribution in [2.24, 2.45) is 5.10 Å². The molecule has 0 aliphatic heterocycles. The molecule has 0 fully saturated rings. The molecule has 0 spiro atoms. The van der Waals surface area contributed by atoms with Crippen molar-refractivity contribution < 1.29 is 14.6 Å². The van der Waals surface area contributed by atoms with E-state index < -0.39 is 0 Å². The average molecular weight is 365 g/mol. The second kappa shape index (κ2) is 9.20. The van der Waals surface area contributed by atoms with Gasteiger partial charge in [-0.05, 0) is 41.5 Å². The van der Waals surface area contributed by atoms with E-state index in [4.69, 9.17) is 16.3 Å². The van der Waals surface area contributed by atoms with Crippen LogP contribution in [0, 0.1) is 0 Å². The number of carbonyl (C=O) groups is 1. The van der Waals surface area contributed by atoms with E-state index in [-0.39, 0.29) is 11.7 Å². The number of carbonyl (C=O) groups excluding carboxylic acids is 1. The average Bonchev–Trinajstić information content (AvgIpc) is 2.58. The molecule has 2 aromatic rings. The second-order valence-electron chi connectivity index (χ2n) is 4.84. The number of hydrogen-bond acceptors (Lipinski definition) is 5. The van der Waals surface area contributed by atoms with Crippen LogP contribution in [0.2, 0.25) is 5.02 Å². The minimum Gasteiger partial charge on any atom is -0.504 e. The summed E-state index contributed by atoms with van der Waals surface area (Å²) in [6.45, 7) is 0. The number of benzene rings is 2. The van der Waals surface area contributed by atoms with E-state index >= 15 is 0 Å². The third kappa shape index (κ3) is 5.79. The predicted octanol–water partition coefficient (Wildman–Crippen LogP) is 3.44. The number of thioether (sulfide) groups is 1. The predicted molar refractivity (Wildman–Crippen MR) is 98.0 cm³/mol. The normalized spacial score (nSPS) is 10.8. The maximum absolute atomic E-state index is 11.7. The molecule has 0 radical (unpaired) electrons. The standard InChI is InChI=1S/C17H17ClN2O3S/c1-23-16-8-13(4-7-15(16)21)9-19-20-17(22)11-24-10-12-2-5-14(18)6-3-12/h2-9,21H,10-11H2,1H3,(H,20,22)/b19-9-. The summed E-state index contributed by atoms with van der Waals surface area (Å²) in [7, 11) is 1.47. The van der Waals surface area contributed by atoms with Crippen molar-refractivity contribution in [2.45, 2.75) is 5.75 Å². The van der Waals surface area contributed by atoms with Crippen LogP contribution in [0.5, 0.6) is 11.5 Å². The smallest absolute Gasteiger partial charge is 0.250 e. The number of amides is 1. The molecule has 0 unspecified atom stereocenters. The van der Waals surface area contributed by atoms with Crippen LogP contribution in [0.3, 0.4) is 0 Å². The summed E-state index contributed by atoms with van der Waals surface area (Å²) >= 11 is 7.32. The lowest BCUT2D eigenvalue weighted by atomic mass is 10.2. The van der Waals surface area contributed by atoms with Gasteiger partial charge in [-0.15, -0.1) is 11.8 Å². The molecule has 0 heterocycles. The molecule has 2 aromatic carbocycles. The van der Waals surface area contributed by atoms with Crippen molar-refractivity contribution >= 4 is 35.5 Å². The van der Waals surface area contributed by atoms with Crippen molar-refractivity contribution in [1.29, 1.82) is 0 Å². The first-order valence-electron chi connectivity index (χ1n) is 7.09. The first kappa shape index (κ1) is 18.2. The molecule has 24 heavy (non-hydrogen) atoms. The van der Waals surface area contributed by atoms with Gasteiger partial charge in [0.2, 0.25) is 5.91 Å². The lowest BCUT2D eigenvalue weighted by molar-refractivity contribution is -0.118. The first-order valence-corrected chi connectivity index (χ1v) is 8.63. The summed E-state index contributed by atoms with van der Waals surface area (Å²) < 4.78 is 5.00. The van der Waals surface area contributed by atoms with E-state index in [0.717, 1.165) is 11.3 Å². The Kier molecular flexibility index (Phi) is 6.96. The molecule has 0 aliphatic rings. The first-order chi connectivity index (χ1) is 11.6. The topological polar surface area (TPSA) is 70.9 Å². The fourth-order valence-corrected chi connectivity index (χ4v) is 2.73. The van der Waals surface area contributed by atoms with Crippen LogP contribution >= 0.6 is 23.4 Å². The molecule has 2 N–H and O–H groups in total. The van der Waals surface area contributed by atoms with Crippen LogP contribution < -0.4 is 10.2 Å². The van der Waals surface area contributed by atoms with Gasteiger partial charge in [0.1, 0.15) is 0 Å². The lowest BCUT2D eigenvalue weighted by Gasteiger charge is -2.04. The van der Waals surface area contributed by atoms with E-state index in [1.165, 1.54) is 31.2 Å². The second-order valence-corrected chi connectivity index (χ2v) is 6.27. The maximum Gasteiger partial charge on any atom is 0.250 e. The molecule has 126 valence electrons. The van der Waals surface area contributed by atoms with Crippen LogP contribution in [-0.2, 0) is 10.5 Å².